The number of carbonyl (C=O) groups is 1. The van der Waals surface area contributed by atoms with Crippen LogP contribution in [0.1, 0.15) is 15.9 Å². The van der Waals surface area contributed by atoms with Crippen LogP contribution in [0.4, 0.5) is 10.8 Å². The van der Waals surface area contributed by atoms with Crippen LogP contribution < -0.4 is 10.0 Å². The Morgan fingerprint density at radius 2 is 1.72 bits per heavy atom. The standard InChI is InChI=1S/C20H16N4O3S2/c1-13-6-4-9-15(12-13)18(25)21-19-22-23-20(28-19)29(26,27)24-17-11-5-8-14-7-2-3-10-16(14)17/h2-12,24H,1H3,(H,21,22,25). The van der Waals surface area contributed by atoms with Gasteiger partial charge in [0, 0.05) is 10.9 Å². The average molecular weight is 425 g/mol. The highest BCUT2D eigenvalue weighted by molar-refractivity contribution is 7.94. The van der Waals surface area contributed by atoms with Crippen LogP contribution in [0.5, 0.6) is 0 Å². The third-order valence-electron chi connectivity index (χ3n) is 4.17. The lowest BCUT2D eigenvalue weighted by molar-refractivity contribution is 0.102. The van der Waals surface area contributed by atoms with E-state index in [2.05, 4.69) is 20.2 Å². The molecule has 3 aromatic carbocycles. The van der Waals surface area contributed by atoms with Gasteiger partial charge in [0.2, 0.25) is 5.13 Å². The largest absolute Gasteiger partial charge is 0.296 e. The van der Waals surface area contributed by atoms with E-state index < -0.39 is 10.0 Å². The molecule has 1 heterocycles. The first-order valence-electron chi connectivity index (χ1n) is 8.64. The van der Waals surface area contributed by atoms with E-state index in [9.17, 15) is 13.2 Å². The molecule has 1 amide bonds. The summed E-state index contributed by atoms with van der Waals surface area (Å²) in [4.78, 5) is 12.3. The molecule has 146 valence electrons. The maximum Gasteiger partial charge on any atom is 0.291 e. The average Bonchev–Trinajstić information content (AvgIpc) is 3.18. The number of aromatic nitrogens is 2. The molecule has 0 fully saturated rings. The van der Waals surface area contributed by atoms with Gasteiger partial charge in [-0.05, 0) is 30.5 Å². The summed E-state index contributed by atoms with van der Waals surface area (Å²) in [6, 6.07) is 19.9. The summed E-state index contributed by atoms with van der Waals surface area (Å²) in [7, 11) is -3.95. The number of aryl methyl sites for hydroxylation is 1. The molecule has 2 N–H and O–H groups in total. The number of carbonyl (C=O) groups excluding carboxylic acids is 1. The number of anilines is 2. The van der Waals surface area contributed by atoms with Gasteiger partial charge in [-0.2, -0.15) is 8.42 Å². The number of amides is 1. The van der Waals surface area contributed by atoms with Gasteiger partial charge in [0.15, 0.2) is 0 Å². The van der Waals surface area contributed by atoms with E-state index in [4.69, 9.17) is 0 Å². The summed E-state index contributed by atoms with van der Waals surface area (Å²) in [5.41, 5.74) is 1.85. The summed E-state index contributed by atoms with van der Waals surface area (Å²) < 4.78 is 27.8. The summed E-state index contributed by atoms with van der Waals surface area (Å²) in [5.74, 6) is -0.379. The second-order valence-electron chi connectivity index (χ2n) is 6.33. The number of rotatable bonds is 5. The number of hydrogen-bond donors (Lipinski definition) is 2. The van der Waals surface area contributed by atoms with Crippen LogP contribution in [0, 0.1) is 6.92 Å². The first kappa shape index (κ1) is 19.0. The molecule has 4 aromatic rings. The zero-order valence-electron chi connectivity index (χ0n) is 15.3. The summed E-state index contributed by atoms with van der Waals surface area (Å²) in [6.45, 7) is 1.88. The molecule has 9 heteroatoms. The molecule has 7 nitrogen and oxygen atoms in total. The monoisotopic (exact) mass is 424 g/mol. The normalized spacial score (nSPS) is 11.3. The van der Waals surface area contributed by atoms with Gasteiger partial charge in [0.05, 0.1) is 5.69 Å². The van der Waals surface area contributed by atoms with E-state index >= 15 is 0 Å². The van der Waals surface area contributed by atoms with Gasteiger partial charge < -0.3 is 0 Å². The SMILES string of the molecule is Cc1cccc(C(=O)Nc2nnc(S(=O)(=O)Nc3cccc4ccccc34)s2)c1. The third kappa shape index (κ3) is 4.10. The molecule has 0 bridgehead atoms. The topological polar surface area (TPSA) is 101 Å². The fraction of sp³-hybridized carbons (Fsp3) is 0.0500. The van der Waals surface area contributed by atoms with E-state index in [0.29, 0.717) is 11.3 Å². The van der Waals surface area contributed by atoms with Crippen molar-refractivity contribution in [3.63, 3.8) is 0 Å². The summed E-state index contributed by atoms with van der Waals surface area (Å²) in [6.07, 6.45) is 0. The molecule has 1 aromatic heterocycles. The van der Waals surface area contributed by atoms with Gasteiger partial charge in [-0.25, -0.2) is 0 Å². The number of benzene rings is 3. The first-order chi connectivity index (χ1) is 13.9. The van der Waals surface area contributed by atoms with E-state index in [-0.39, 0.29) is 15.4 Å². The van der Waals surface area contributed by atoms with Gasteiger partial charge >= 0.3 is 0 Å². The molecule has 0 saturated carbocycles. The number of nitrogens with one attached hydrogen (secondary N) is 2. The van der Waals surface area contributed by atoms with Crippen molar-refractivity contribution in [2.75, 3.05) is 10.0 Å². The van der Waals surface area contributed by atoms with Crippen molar-refractivity contribution in [1.82, 2.24) is 10.2 Å². The lowest BCUT2D eigenvalue weighted by Crippen LogP contribution is -2.13. The molecule has 0 aliphatic carbocycles. The zero-order valence-corrected chi connectivity index (χ0v) is 16.9. The maximum atomic E-state index is 12.7. The fourth-order valence-electron chi connectivity index (χ4n) is 2.83. The Labute approximate surface area is 171 Å². The lowest BCUT2D eigenvalue weighted by Gasteiger charge is -2.08. The fourth-order valence-corrected chi connectivity index (χ4v) is 4.80. The molecular formula is C20H16N4O3S2. The van der Waals surface area contributed by atoms with Gasteiger partial charge in [0.25, 0.3) is 20.3 Å². The highest BCUT2D eigenvalue weighted by atomic mass is 32.2. The molecule has 0 unspecified atom stereocenters. The minimum Gasteiger partial charge on any atom is -0.296 e. The lowest BCUT2D eigenvalue weighted by atomic mass is 10.1. The number of sulfonamides is 1. The third-order valence-corrected chi connectivity index (χ3v) is 6.74. The van der Waals surface area contributed by atoms with Crippen molar-refractivity contribution in [3.8, 4) is 0 Å². The van der Waals surface area contributed by atoms with Crippen molar-refractivity contribution in [2.24, 2.45) is 0 Å². The Bertz CT molecular complexity index is 1310. The molecular weight excluding hydrogens is 408 g/mol. The van der Waals surface area contributed by atoms with E-state index in [1.807, 2.05) is 43.3 Å². The van der Waals surface area contributed by atoms with Gasteiger partial charge in [-0.1, -0.05) is 65.4 Å². The smallest absolute Gasteiger partial charge is 0.291 e. The van der Waals surface area contributed by atoms with Gasteiger partial charge in [-0.3, -0.25) is 14.8 Å². The number of nitrogens with zero attached hydrogens (tertiary/aromatic N) is 2. The van der Waals surface area contributed by atoms with Gasteiger partial charge in [0.1, 0.15) is 0 Å². The summed E-state index contributed by atoms with van der Waals surface area (Å²) in [5, 5.41) is 11.9. The molecule has 0 spiro atoms. The van der Waals surface area contributed by atoms with E-state index in [1.54, 1.807) is 30.3 Å². The van der Waals surface area contributed by atoms with Crippen molar-refractivity contribution in [2.45, 2.75) is 11.3 Å². The van der Waals surface area contributed by atoms with Crippen LogP contribution in [0.25, 0.3) is 10.8 Å². The van der Waals surface area contributed by atoms with Crippen molar-refractivity contribution in [1.29, 1.82) is 0 Å². The van der Waals surface area contributed by atoms with Crippen LogP contribution in [0.15, 0.2) is 71.1 Å². The quantitative estimate of drug-likeness (QED) is 0.471. The van der Waals surface area contributed by atoms with E-state index in [0.717, 1.165) is 27.7 Å². The Morgan fingerprint density at radius 3 is 2.55 bits per heavy atom. The van der Waals surface area contributed by atoms with Crippen LogP contribution in [0.3, 0.4) is 0 Å². The van der Waals surface area contributed by atoms with Crippen molar-refractivity contribution >= 4 is 48.9 Å². The van der Waals surface area contributed by atoms with Crippen LogP contribution in [-0.4, -0.2) is 24.5 Å². The molecule has 0 atom stereocenters. The second kappa shape index (κ2) is 7.61. The first-order valence-corrected chi connectivity index (χ1v) is 10.9. The predicted molar refractivity (Wildman–Crippen MR) is 114 cm³/mol. The zero-order chi connectivity index (χ0) is 20.4. The summed E-state index contributed by atoms with van der Waals surface area (Å²) >= 11 is 0.787. The van der Waals surface area contributed by atoms with Crippen LogP contribution >= 0.6 is 11.3 Å². The van der Waals surface area contributed by atoms with E-state index in [1.165, 1.54) is 0 Å². The molecule has 0 aliphatic heterocycles. The van der Waals surface area contributed by atoms with Crippen molar-refractivity contribution < 1.29 is 13.2 Å². The molecule has 0 aliphatic rings. The van der Waals surface area contributed by atoms with Gasteiger partial charge in [-0.15, -0.1) is 10.2 Å². The number of fused-ring (bicyclic) bond motifs is 1. The predicted octanol–water partition coefficient (Wildman–Crippen LogP) is 4.05. The number of hydrogen-bond acceptors (Lipinski definition) is 6. The Hall–Kier alpha value is -3.30. The minimum atomic E-state index is -3.95. The maximum absolute atomic E-state index is 12.7. The molecule has 0 radical (unpaired) electrons. The molecule has 4 rings (SSSR count). The molecule has 0 saturated heterocycles. The Balaban J connectivity index is 1.56. The molecule has 29 heavy (non-hydrogen) atoms. The van der Waals surface area contributed by atoms with Crippen molar-refractivity contribution in [3.05, 3.63) is 77.9 Å². The van der Waals surface area contributed by atoms with Crippen LogP contribution in [-0.2, 0) is 10.0 Å². The Morgan fingerprint density at radius 1 is 0.966 bits per heavy atom. The van der Waals surface area contributed by atoms with Crippen LogP contribution in [0.2, 0.25) is 0 Å². The highest BCUT2D eigenvalue weighted by Gasteiger charge is 2.22. The second-order valence-corrected chi connectivity index (χ2v) is 9.16. The minimum absolute atomic E-state index is 0.106. The highest BCUT2D eigenvalue weighted by Crippen LogP contribution is 2.27. The Kier molecular flexibility index (Phi) is 4.99.